The van der Waals surface area contributed by atoms with E-state index in [1.807, 2.05) is 0 Å². The summed E-state index contributed by atoms with van der Waals surface area (Å²) in [6, 6.07) is 11.3. The van der Waals surface area contributed by atoms with Crippen LogP contribution in [0.4, 0.5) is 10.1 Å². The molecule has 110 valence electrons. The Kier molecular flexibility index (Phi) is 4.81. The topological polar surface area (TPSA) is 38.3 Å². The van der Waals surface area contributed by atoms with Crippen molar-refractivity contribution in [3.63, 3.8) is 0 Å². The fourth-order valence-corrected chi connectivity index (χ4v) is 1.93. The molecule has 2 aromatic carbocycles. The summed E-state index contributed by atoms with van der Waals surface area (Å²) in [5.74, 6) is -0.425. The molecule has 1 amide bonds. The normalized spacial score (nSPS) is 11.8. The van der Waals surface area contributed by atoms with Gasteiger partial charge in [-0.2, -0.15) is 0 Å². The van der Waals surface area contributed by atoms with Gasteiger partial charge in [0.25, 0.3) is 5.91 Å². The van der Waals surface area contributed by atoms with Crippen LogP contribution in [0.1, 0.15) is 12.5 Å². The van der Waals surface area contributed by atoms with E-state index in [1.54, 1.807) is 44.2 Å². The van der Waals surface area contributed by atoms with E-state index in [1.165, 1.54) is 12.1 Å². The Morgan fingerprint density at radius 1 is 1.29 bits per heavy atom. The van der Waals surface area contributed by atoms with E-state index < -0.39 is 17.8 Å². The quantitative estimate of drug-likeness (QED) is 0.919. The second-order valence-corrected chi connectivity index (χ2v) is 5.13. The van der Waals surface area contributed by atoms with Crippen molar-refractivity contribution in [3.05, 3.63) is 58.9 Å². The van der Waals surface area contributed by atoms with Gasteiger partial charge in [0.1, 0.15) is 11.6 Å². The third kappa shape index (κ3) is 4.20. The summed E-state index contributed by atoms with van der Waals surface area (Å²) >= 11 is 5.84. The van der Waals surface area contributed by atoms with Crippen LogP contribution in [0.3, 0.4) is 0 Å². The molecular weight excluding hydrogens is 293 g/mol. The Hall–Kier alpha value is -2.07. The molecule has 0 aromatic heterocycles. The highest BCUT2D eigenvalue weighted by Crippen LogP contribution is 2.19. The molecule has 0 spiro atoms. The average molecular weight is 308 g/mol. The molecule has 3 nitrogen and oxygen atoms in total. The summed E-state index contributed by atoms with van der Waals surface area (Å²) in [4.78, 5) is 12.0. The van der Waals surface area contributed by atoms with E-state index in [0.29, 0.717) is 10.8 Å². The zero-order chi connectivity index (χ0) is 15.4. The molecule has 0 aliphatic carbocycles. The maximum atomic E-state index is 13.7. The minimum atomic E-state index is -0.774. The number of benzene rings is 2. The van der Waals surface area contributed by atoms with Crippen LogP contribution in [0, 0.1) is 12.7 Å². The number of aryl methyl sites for hydroxylation is 1. The van der Waals surface area contributed by atoms with Crippen molar-refractivity contribution in [2.24, 2.45) is 0 Å². The number of carbonyl (C=O) groups is 1. The summed E-state index contributed by atoms with van der Waals surface area (Å²) < 4.78 is 19.2. The Morgan fingerprint density at radius 3 is 2.71 bits per heavy atom. The number of nitrogens with one attached hydrogen (secondary N) is 1. The van der Waals surface area contributed by atoms with Crippen molar-refractivity contribution in [1.82, 2.24) is 0 Å². The Labute approximate surface area is 127 Å². The Bertz CT molecular complexity index is 660. The molecule has 2 rings (SSSR count). The first kappa shape index (κ1) is 15.3. The maximum Gasteiger partial charge on any atom is 0.265 e. The number of hydrogen-bond donors (Lipinski definition) is 1. The molecule has 0 aliphatic rings. The highest BCUT2D eigenvalue weighted by molar-refractivity contribution is 6.30. The number of rotatable bonds is 4. The molecule has 0 saturated carbocycles. The van der Waals surface area contributed by atoms with E-state index in [0.717, 1.165) is 5.56 Å². The molecule has 0 saturated heterocycles. The van der Waals surface area contributed by atoms with Gasteiger partial charge in [-0.05, 0) is 49.7 Å². The summed E-state index contributed by atoms with van der Waals surface area (Å²) in [6.07, 6.45) is -0.774. The van der Waals surface area contributed by atoms with Gasteiger partial charge in [-0.3, -0.25) is 4.79 Å². The first-order valence-electron chi connectivity index (χ1n) is 6.45. The van der Waals surface area contributed by atoms with E-state index in [9.17, 15) is 9.18 Å². The number of halogens is 2. The van der Waals surface area contributed by atoms with Gasteiger partial charge in [-0.15, -0.1) is 0 Å². The third-order valence-electron chi connectivity index (χ3n) is 2.86. The van der Waals surface area contributed by atoms with Crippen molar-refractivity contribution >= 4 is 23.2 Å². The van der Waals surface area contributed by atoms with Crippen LogP contribution >= 0.6 is 11.6 Å². The molecule has 1 N–H and O–H groups in total. The van der Waals surface area contributed by atoms with Crippen molar-refractivity contribution in [3.8, 4) is 5.75 Å². The molecule has 0 bridgehead atoms. The van der Waals surface area contributed by atoms with Crippen LogP contribution in [0.25, 0.3) is 0 Å². The fourth-order valence-electron chi connectivity index (χ4n) is 1.75. The Balaban J connectivity index is 2.02. The highest BCUT2D eigenvalue weighted by atomic mass is 35.5. The second kappa shape index (κ2) is 6.59. The largest absolute Gasteiger partial charge is 0.481 e. The number of ether oxygens (including phenoxy) is 1. The molecule has 2 aromatic rings. The summed E-state index contributed by atoms with van der Waals surface area (Å²) in [5.41, 5.74) is 0.917. The average Bonchev–Trinajstić information content (AvgIpc) is 2.41. The van der Waals surface area contributed by atoms with Gasteiger partial charge in [0.05, 0.1) is 5.69 Å². The molecule has 5 heteroatoms. The van der Waals surface area contributed by atoms with Crippen molar-refractivity contribution in [1.29, 1.82) is 0 Å². The van der Waals surface area contributed by atoms with Gasteiger partial charge in [-0.25, -0.2) is 4.39 Å². The monoisotopic (exact) mass is 307 g/mol. The smallest absolute Gasteiger partial charge is 0.265 e. The number of carbonyl (C=O) groups excluding carboxylic acids is 1. The van der Waals surface area contributed by atoms with Crippen molar-refractivity contribution in [2.45, 2.75) is 20.0 Å². The van der Waals surface area contributed by atoms with Crippen LogP contribution in [-0.4, -0.2) is 12.0 Å². The fraction of sp³-hybridized carbons (Fsp3) is 0.188. The van der Waals surface area contributed by atoms with Crippen LogP contribution in [0.5, 0.6) is 5.75 Å². The molecule has 0 radical (unpaired) electrons. The lowest BCUT2D eigenvalue weighted by Gasteiger charge is -2.15. The molecule has 21 heavy (non-hydrogen) atoms. The lowest BCUT2D eigenvalue weighted by molar-refractivity contribution is -0.122. The summed E-state index contributed by atoms with van der Waals surface area (Å²) in [5, 5.41) is 3.02. The highest BCUT2D eigenvalue weighted by Gasteiger charge is 2.16. The standard InChI is InChI=1S/C16H15ClFNO2/c1-10-6-7-15(14(18)8-10)19-16(20)11(2)21-13-5-3-4-12(17)9-13/h3-9,11H,1-2H3,(H,19,20). The van der Waals surface area contributed by atoms with E-state index in [4.69, 9.17) is 16.3 Å². The number of anilines is 1. The molecule has 1 unspecified atom stereocenters. The van der Waals surface area contributed by atoms with E-state index in [-0.39, 0.29) is 5.69 Å². The first-order chi connectivity index (χ1) is 9.95. The second-order valence-electron chi connectivity index (χ2n) is 4.69. The van der Waals surface area contributed by atoms with Crippen LogP contribution in [0.15, 0.2) is 42.5 Å². The molecule has 0 aliphatic heterocycles. The molecule has 1 atom stereocenters. The van der Waals surface area contributed by atoms with Gasteiger partial charge in [0.2, 0.25) is 0 Å². The Morgan fingerprint density at radius 2 is 2.05 bits per heavy atom. The van der Waals surface area contributed by atoms with Crippen LogP contribution in [0.2, 0.25) is 5.02 Å². The van der Waals surface area contributed by atoms with Gasteiger partial charge < -0.3 is 10.1 Å². The third-order valence-corrected chi connectivity index (χ3v) is 3.10. The minimum Gasteiger partial charge on any atom is -0.481 e. The van der Waals surface area contributed by atoms with Gasteiger partial charge in [0, 0.05) is 5.02 Å². The lowest BCUT2D eigenvalue weighted by Crippen LogP contribution is -2.30. The molecular formula is C16H15ClFNO2. The van der Waals surface area contributed by atoms with Gasteiger partial charge >= 0.3 is 0 Å². The SMILES string of the molecule is Cc1ccc(NC(=O)C(C)Oc2cccc(Cl)c2)c(F)c1. The first-order valence-corrected chi connectivity index (χ1v) is 6.83. The lowest BCUT2D eigenvalue weighted by atomic mass is 10.2. The maximum absolute atomic E-state index is 13.7. The predicted molar refractivity (Wildman–Crippen MR) is 81.3 cm³/mol. The van der Waals surface area contributed by atoms with E-state index >= 15 is 0 Å². The van der Waals surface area contributed by atoms with Crippen molar-refractivity contribution in [2.75, 3.05) is 5.32 Å². The van der Waals surface area contributed by atoms with Crippen LogP contribution < -0.4 is 10.1 Å². The predicted octanol–water partition coefficient (Wildman–Crippen LogP) is 4.19. The summed E-state index contributed by atoms with van der Waals surface area (Å²) in [6.45, 7) is 3.36. The van der Waals surface area contributed by atoms with Crippen molar-refractivity contribution < 1.29 is 13.9 Å². The van der Waals surface area contributed by atoms with E-state index in [2.05, 4.69) is 5.32 Å². The minimum absolute atomic E-state index is 0.132. The number of amides is 1. The molecule has 0 fully saturated rings. The molecule has 0 heterocycles. The number of hydrogen-bond acceptors (Lipinski definition) is 2. The van der Waals surface area contributed by atoms with Crippen LogP contribution in [-0.2, 0) is 4.79 Å². The van der Waals surface area contributed by atoms with Gasteiger partial charge in [0.15, 0.2) is 6.10 Å². The zero-order valence-electron chi connectivity index (χ0n) is 11.7. The zero-order valence-corrected chi connectivity index (χ0v) is 12.4. The summed E-state index contributed by atoms with van der Waals surface area (Å²) in [7, 11) is 0. The van der Waals surface area contributed by atoms with Gasteiger partial charge in [-0.1, -0.05) is 23.7 Å².